The summed E-state index contributed by atoms with van der Waals surface area (Å²) in [7, 11) is -8.27. The van der Waals surface area contributed by atoms with Crippen molar-refractivity contribution in [1.82, 2.24) is 9.44 Å². The molecule has 0 aliphatic carbocycles. The van der Waals surface area contributed by atoms with Crippen LogP contribution >= 0.6 is 0 Å². The SMILES string of the molecule is C[C@H](NS(=O)(=O)c1cccc(S(=O)(=O)N[C@@H](C)[C@H](O)c2ccccc2)c1)[C@H](O)c1ccccc1. The molecule has 8 nitrogen and oxygen atoms in total. The van der Waals surface area contributed by atoms with Crippen LogP contribution in [-0.4, -0.2) is 39.1 Å². The first-order valence-electron chi connectivity index (χ1n) is 10.6. The molecule has 3 rings (SSSR count). The van der Waals surface area contributed by atoms with E-state index in [9.17, 15) is 27.0 Å². The molecule has 3 aromatic carbocycles. The highest BCUT2D eigenvalue weighted by molar-refractivity contribution is 7.90. The van der Waals surface area contributed by atoms with Crippen molar-refractivity contribution >= 4 is 20.0 Å². The van der Waals surface area contributed by atoms with Gasteiger partial charge in [0.2, 0.25) is 20.0 Å². The lowest BCUT2D eigenvalue weighted by Crippen LogP contribution is -2.38. The van der Waals surface area contributed by atoms with Gasteiger partial charge in [-0.3, -0.25) is 0 Å². The zero-order chi connectivity index (χ0) is 24.9. The third kappa shape index (κ3) is 6.29. The van der Waals surface area contributed by atoms with Gasteiger partial charge in [-0.15, -0.1) is 0 Å². The van der Waals surface area contributed by atoms with Crippen molar-refractivity contribution in [2.45, 2.75) is 47.9 Å². The van der Waals surface area contributed by atoms with E-state index in [1.165, 1.54) is 32.0 Å². The highest BCUT2D eigenvalue weighted by Gasteiger charge is 2.27. The molecule has 0 heterocycles. The minimum atomic E-state index is -4.13. The first-order chi connectivity index (χ1) is 16.0. The van der Waals surface area contributed by atoms with Crippen LogP contribution in [0.2, 0.25) is 0 Å². The van der Waals surface area contributed by atoms with Crippen molar-refractivity contribution in [2.75, 3.05) is 0 Å². The Bertz CT molecular complexity index is 1200. The summed E-state index contributed by atoms with van der Waals surface area (Å²) in [4.78, 5) is -0.530. The Morgan fingerprint density at radius 1 is 0.588 bits per heavy atom. The van der Waals surface area contributed by atoms with E-state index in [4.69, 9.17) is 0 Å². The van der Waals surface area contributed by atoms with Crippen molar-refractivity contribution in [2.24, 2.45) is 0 Å². The average Bonchev–Trinajstić information content (AvgIpc) is 2.83. The topological polar surface area (TPSA) is 133 Å². The van der Waals surface area contributed by atoms with Gasteiger partial charge in [-0.05, 0) is 43.2 Å². The number of nitrogens with one attached hydrogen (secondary N) is 2. The van der Waals surface area contributed by atoms with E-state index in [1.807, 2.05) is 0 Å². The minimum Gasteiger partial charge on any atom is -0.387 e. The van der Waals surface area contributed by atoms with E-state index in [-0.39, 0.29) is 9.79 Å². The van der Waals surface area contributed by atoms with Gasteiger partial charge in [0.05, 0.1) is 22.0 Å². The molecule has 34 heavy (non-hydrogen) atoms. The molecular formula is C24H28N2O6S2. The molecule has 182 valence electrons. The largest absolute Gasteiger partial charge is 0.387 e. The number of hydrogen-bond acceptors (Lipinski definition) is 6. The quantitative estimate of drug-likeness (QED) is 0.335. The summed E-state index contributed by atoms with van der Waals surface area (Å²) in [6.07, 6.45) is -2.19. The Kier molecular flexibility index (Phi) is 8.24. The molecule has 0 bridgehead atoms. The van der Waals surface area contributed by atoms with E-state index < -0.39 is 44.3 Å². The average molecular weight is 505 g/mol. The Balaban J connectivity index is 1.77. The summed E-state index contributed by atoms with van der Waals surface area (Å²) >= 11 is 0. The first-order valence-corrected chi connectivity index (χ1v) is 13.6. The van der Waals surface area contributed by atoms with Gasteiger partial charge in [-0.2, -0.15) is 0 Å². The smallest absolute Gasteiger partial charge is 0.240 e. The van der Waals surface area contributed by atoms with Crippen LogP contribution in [0, 0.1) is 0 Å². The summed E-state index contributed by atoms with van der Waals surface area (Å²) in [5.74, 6) is 0. The van der Waals surface area contributed by atoms with Gasteiger partial charge < -0.3 is 10.2 Å². The zero-order valence-corrected chi connectivity index (χ0v) is 20.4. The molecule has 0 unspecified atom stereocenters. The van der Waals surface area contributed by atoms with Crippen LogP contribution < -0.4 is 9.44 Å². The van der Waals surface area contributed by atoms with E-state index in [2.05, 4.69) is 9.44 Å². The zero-order valence-electron chi connectivity index (χ0n) is 18.7. The van der Waals surface area contributed by atoms with Gasteiger partial charge in [0.25, 0.3) is 0 Å². The normalized spacial score (nSPS) is 15.9. The Morgan fingerprint density at radius 3 is 1.29 bits per heavy atom. The Hall–Kier alpha value is -2.60. The fraction of sp³-hybridized carbons (Fsp3) is 0.250. The minimum absolute atomic E-state index is 0.265. The summed E-state index contributed by atoms with van der Waals surface area (Å²) in [6.45, 7) is 3.04. The second kappa shape index (κ2) is 10.8. The first kappa shape index (κ1) is 26.0. The predicted octanol–water partition coefficient (Wildman–Crippen LogP) is 2.49. The predicted molar refractivity (Wildman–Crippen MR) is 129 cm³/mol. The van der Waals surface area contributed by atoms with Crippen LogP contribution in [0.3, 0.4) is 0 Å². The molecule has 0 saturated carbocycles. The fourth-order valence-corrected chi connectivity index (χ4v) is 6.10. The maximum atomic E-state index is 12.9. The molecule has 0 fully saturated rings. The summed E-state index contributed by atoms with van der Waals surface area (Å²) in [5, 5.41) is 20.9. The van der Waals surface area contributed by atoms with Crippen LogP contribution in [0.4, 0.5) is 0 Å². The van der Waals surface area contributed by atoms with Crippen molar-refractivity contribution in [1.29, 1.82) is 0 Å². The van der Waals surface area contributed by atoms with Crippen molar-refractivity contribution in [3.63, 3.8) is 0 Å². The molecule has 0 radical (unpaired) electrons. The van der Waals surface area contributed by atoms with E-state index in [0.29, 0.717) is 11.1 Å². The van der Waals surface area contributed by atoms with Gasteiger partial charge in [-0.25, -0.2) is 26.3 Å². The lowest BCUT2D eigenvalue weighted by Gasteiger charge is -2.22. The summed E-state index contributed by atoms with van der Waals surface area (Å²) in [5.41, 5.74) is 1.09. The Labute approximate surface area is 200 Å². The van der Waals surface area contributed by atoms with E-state index >= 15 is 0 Å². The van der Waals surface area contributed by atoms with Crippen LogP contribution in [0.5, 0.6) is 0 Å². The number of aliphatic hydroxyl groups is 2. The highest BCUT2D eigenvalue weighted by Crippen LogP contribution is 2.22. The molecule has 4 atom stereocenters. The number of aliphatic hydroxyl groups excluding tert-OH is 2. The highest BCUT2D eigenvalue weighted by atomic mass is 32.2. The number of benzene rings is 3. The summed E-state index contributed by atoms with van der Waals surface area (Å²) in [6, 6.07) is 20.4. The maximum absolute atomic E-state index is 12.9. The van der Waals surface area contributed by atoms with Crippen molar-refractivity contribution < 1.29 is 27.0 Å². The third-order valence-electron chi connectivity index (χ3n) is 5.34. The van der Waals surface area contributed by atoms with E-state index in [0.717, 1.165) is 6.07 Å². The molecule has 0 aliphatic heterocycles. The van der Waals surface area contributed by atoms with Crippen LogP contribution in [0.15, 0.2) is 94.7 Å². The molecule has 3 aromatic rings. The second-order valence-electron chi connectivity index (χ2n) is 8.01. The monoisotopic (exact) mass is 504 g/mol. The molecule has 0 aromatic heterocycles. The molecule has 10 heteroatoms. The lowest BCUT2D eigenvalue weighted by atomic mass is 10.0. The molecule has 0 saturated heterocycles. The number of sulfonamides is 2. The summed E-state index contributed by atoms with van der Waals surface area (Å²) < 4.78 is 56.4. The van der Waals surface area contributed by atoms with Gasteiger partial charge in [0.15, 0.2) is 0 Å². The molecule has 0 aliphatic rings. The number of hydrogen-bond donors (Lipinski definition) is 4. The second-order valence-corrected chi connectivity index (χ2v) is 11.4. The van der Waals surface area contributed by atoms with Crippen molar-refractivity contribution in [3.05, 3.63) is 96.1 Å². The molecule has 0 amide bonds. The third-order valence-corrected chi connectivity index (χ3v) is 8.45. The van der Waals surface area contributed by atoms with E-state index in [1.54, 1.807) is 60.7 Å². The fourth-order valence-electron chi connectivity index (χ4n) is 3.44. The Morgan fingerprint density at radius 2 is 0.941 bits per heavy atom. The van der Waals surface area contributed by atoms with Gasteiger partial charge in [0.1, 0.15) is 0 Å². The van der Waals surface area contributed by atoms with Gasteiger partial charge in [0, 0.05) is 12.1 Å². The maximum Gasteiger partial charge on any atom is 0.240 e. The van der Waals surface area contributed by atoms with Crippen LogP contribution in [-0.2, 0) is 20.0 Å². The molecule has 4 N–H and O–H groups in total. The molecular weight excluding hydrogens is 476 g/mol. The molecule has 0 spiro atoms. The standard InChI is InChI=1S/C24H28N2O6S2/c1-17(23(27)19-10-5-3-6-11-19)25-33(29,30)21-14-9-15-22(16-21)34(31,32)26-18(2)24(28)20-12-7-4-8-13-20/h3-18,23-28H,1-2H3/t17-,18-,23-,24-/m0/s1. The van der Waals surface area contributed by atoms with Crippen LogP contribution in [0.25, 0.3) is 0 Å². The van der Waals surface area contributed by atoms with Crippen molar-refractivity contribution in [3.8, 4) is 0 Å². The number of rotatable bonds is 10. The van der Waals surface area contributed by atoms with Gasteiger partial charge in [-0.1, -0.05) is 66.7 Å². The van der Waals surface area contributed by atoms with Crippen LogP contribution in [0.1, 0.15) is 37.2 Å². The lowest BCUT2D eigenvalue weighted by molar-refractivity contribution is 0.146. The van der Waals surface area contributed by atoms with Gasteiger partial charge >= 0.3 is 0 Å².